The van der Waals surface area contributed by atoms with Crippen LogP contribution in [0.3, 0.4) is 0 Å². The molecule has 0 N–H and O–H groups in total. The average Bonchev–Trinajstić information content (AvgIpc) is 2.58. The van der Waals surface area contributed by atoms with E-state index in [0.717, 1.165) is 25.7 Å². The molecule has 0 bridgehead atoms. The number of rotatable bonds is 14. The predicted octanol–water partition coefficient (Wildman–Crippen LogP) is 5.87. The summed E-state index contributed by atoms with van der Waals surface area (Å²) in [4.78, 5) is 42.6. The Bertz CT molecular complexity index is 447. The fourth-order valence-corrected chi connectivity index (χ4v) is 2.54. The van der Waals surface area contributed by atoms with E-state index in [1.165, 1.54) is 0 Å². The lowest BCUT2D eigenvalue weighted by Crippen LogP contribution is -2.27. The van der Waals surface area contributed by atoms with Gasteiger partial charge in [0.05, 0.1) is 6.61 Å². The lowest BCUT2D eigenvalue weighted by atomic mass is 10.0. The van der Waals surface area contributed by atoms with Crippen LogP contribution in [0.2, 0.25) is 0 Å². The molecule has 0 rings (SSSR count). The van der Waals surface area contributed by atoms with Gasteiger partial charge in [0.25, 0.3) is 0 Å². The molecule has 0 aromatic carbocycles. The molecule has 0 saturated carbocycles. The van der Waals surface area contributed by atoms with Crippen molar-refractivity contribution in [1.29, 1.82) is 0 Å². The summed E-state index contributed by atoms with van der Waals surface area (Å²) >= 11 is 0. The molecule has 0 fully saturated rings. The highest BCUT2D eigenvalue weighted by Crippen LogP contribution is 2.18. The number of hydrogen-bond donors (Lipinski definition) is 0. The summed E-state index contributed by atoms with van der Waals surface area (Å²) in [5.74, 6) is 0. The monoisotopic (exact) mass is 406 g/mol. The van der Waals surface area contributed by atoms with Gasteiger partial charge in [-0.05, 0) is 66.7 Å². The van der Waals surface area contributed by atoms with Gasteiger partial charge in [-0.1, -0.05) is 26.7 Å². The molecule has 0 radical (unpaired) electrons. The molecule has 0 heterocycles. The summed E-state index contributed by atoms with van der Waals surface area (Å²) in [6.07, 6.45) is 3.22. The quantitative estimate of drug-likeness (QED) is 0.153. The molecule has 8 heteroatoms. The van der Waals surface area contributed by atoms with E-state index in [-0.39, 0.29) is 12.7 Å². The zero-order valence-electron chi connectivity index (χ0n) is 18.5. The van der Waals surface area contributed by atoms with Gasteiger partial charge in [0, 0.05) is 0 Å². The highest BCUT2D eigenvalue weighted by atomic mass is 17.2. The number of carbonyl (C=O) groups is 2. The Kier molecular flexibility index (Phi) is 12.9. The molecule has 0 aliphatic carbocycles. The van der Waals surface area contributed by atoms with Crippen LogP contribution < -0.4 is 0 Å². The maximum absolute atomic E-state index is 11.6. The Morgan fingerprint density at radius 2 is 1.32 bits per heavy atom. The topological polar surface area (TPSA) is 89.5 Å². The van der Waals surface area contributed by atoms with Crippen molar-refractivity contribution in [3.8, 4) is 0 Å². The molecule has 0 spiro atoms. The van der Waals surface area contributed by atoms with Crippen molar-refractivity contribution in [3.63, 3.8) is 0 Å². The Balaban J connectivity index is 3.80. The van der Waals surface area contributed by atoms with Gasteiger partial charge in [0.1, 0.15) is 17.3 Å². The smallest absolute Gasteiger partial charge is 0.432 e. The highest BCUT2D eigenvalue weighted by Gasteiger charge is 2.23. The Hall–Kier alpha value is -1.54. The second-order valence-electron chi connectivity index (χ2n) is 8.13. The van der Waals surface area contributed by atoms with Crippen LogP contribution in [0.4, 0.5) is 9.59 Å². The van der Waals surface area contributed by atoms with E-state index < -0.39 is 23.5 Å². The molecule has 28 heavy (non-hydrogen) atoms. The van der Waals surface area contributed by atoms with Crippen LogP contribution >= 0.6 is 0 Å². The molecule has 1 atom stereocenters. The van der Waals surface area contributed by atoms with E-state index in [4.69, 9.17) is 24.1 Å². The lowest BCUT2D eigenvalue weighted by Gasteiger charge is -2.22. The van der Waals surface area contributed by atoms with Gasteiger partial charge in [-0.3, -0.25) is 9.78 Å². The van der Waals surface area contributed by atoms with Crippen molar-refractivity contribution in [2.75, 3.05) is 6.61 Å². The van der Waals surface area contributed by atoms with Gasteiger partial charge in [0.15, 0.2) is 0 Å². The standard InChI is InChI=1S/C20H38O8/c1-8-13-19(4,5)27-25-17(21)23-15-11-10-12-16(3)24-18(22)26-28-20(6,7)14-9-2/h16H,8-15H2,1-7H3. The Morgan fingerprint density at radius 3 is 1.82 bits per heavy atom. The van der Waals surface area contributed by atoms with Crippen LogP contribution in [0.15, 0.2) is 0 Å². The van der Waals surface area contributed by atoms with Crippen molar-refractivity contribution in [2.45, 2.75) is 111 Å². The van der Waals surface area contributed by atoms with Crippen LogP contribution in [0.5, 0.6) is 0 Å². The fraction of sp³-hybridized carbons (Fsp3) is 0.900. The van der Waals surface area contributed by atoms with E-state index in [0.29, 0.717) is 19.3 Å². The summed E-state index contributed by atoms with van der Waals surface area (Å²) in [5, 5.41) is 0. The first-order chi connectivity index (χ1) is 13.0. The van der Waals surface area contributed by atoms with Crippen molar-refractivity contribution < 1.29 is 38.6 Å². The van der Waals surface area contributed by atoms with Gasteiger partial charge < -0.3 is 9.47 Å². The maximum atomic E-state index is 11.6. The van der Waals surface area contributed by atoms with Crippen molar-refractivity contribution in [1.82, 2.24) is 0 Å². The van der Waals surface area contributed by atoms with Gasteiger partial charge >= 0.3 is 12.3 Å². The minimum Gasteiger partial charge on any atom is -0.432 e. The normalized spacial score (nSPS) is 13.0. The molecule has 0 aromatic rings. The number of unbranched alkanes of at least 4 members (excludes halogenated alkanes) is 1. The lowest BCUT2D eigenvalue weighted by molar-refractivity contribution is -0.320. The Labute approximate surface area is 169 Å². The Morgan fingerprint density at radius 1 is 0.821 bits per heavy atom. The van der Waals surface area contributed by atoms with Crippen molar-refractivity contribution in [2.24, 2.45) is 0 Å². The first-order valence-corrected chi connectivity index (χ1v) is 10.1. The number of carbonyl (C=O) groups excluding carboxylic acids is 2. The van der Waals surface area contributed by atoms with E-state index in [1.807, 2.05) is 41.5 Å². The molecule has 0 amide bonds. The zero-order valence-corrected chi connectivity index (χ0v) is 18.5. The van der Waals surface area contributed by atoms with Gasteiger partial charge in [-0.2, -0.15) is 9.78 Å². The molecular weight excluding hydrogens is 368 g/mol. The zero-order chi connectivity index (χ0) is 21.6. The third-order valence-electron chi connectivity index (χ3n) is 3.90. The molecule has 0 saturated heterocycles. The molecule has 8 nitrogen and oxygen atoms in total. The van der Waals surface area contributed by atoms with E-state index >= 15 is 0 Å². The van der Waals surface area contributed by atoms with Crippen LogP contribution in [0, 0.1) is 0 Å². The maximum Gasteiger partial charge on any atom is 0.540 e. The molecular formula is C20H38O8. The third kappa shape index (κ3) is 14.5. The minimum atomic E-state index is -0.858. The van der Waals surface area contributed by atoms with Crippen LogP contribution in [-0.4, -0.2) is 36.2 Å². The molecule has 166 valence electrons. The molecule has 0 aliphatic heterocycles. The summed E-state index contributed by atoms with van der Waals surface area (Å²) in [5.41, 5.74) is -1.08. The van der Waals surface area contributed by atoms with Crippen molar-refractivity contribution >= 4 is 12.3 Å². The summed E-state index contributed by atoms with van der Waals surface area (Å²) in [7, 11) is 0. The fourth-order valence-electron chi connectivity index (χ4n) is 2.54. The van der Waals surface area contributed by atoms with Crippen LogP contribution in [0.1, 0.15) is 93.4 Å². The molecule has 1 unspecified atom stereocenters. The summed E-state index contributed by atoms with van der Waals surface area (Å²) in [6, 6.07) is 0. The largest absolute Gasteiger partial charge is 0.540 e. The van der Waals surface area contributed by atoms with E-state index in [1.54, 1.807) is 6.92 Å². The van der Waals surface area contributed by atoms with Gasteiger partial charge in [-0.25, -0.2) is 9.59 Å². The third-order valence-corrected chi connectivity index (χ3v) is 3.90. The van der Waals surface area contributed by atoms with Crippen molar-refractivity contribution in [3.05, 3.63) is 0 Å². The summed E-state index contributed by atoms with van der Waals surface area (Å²) in [6.45, 7) is 13.4. The number of hydrogen-bond acceptors (Lipinski definition) is 8. The first kappa shape index (κ1) is 26.5. The van der Waals surface area contributed by atoms with Crippen LogP contribution in [-0.2, 0) is 29.0 Å². The van der Waals surface area contributed by atoms with Crippen LogP contribution in [0.25, 0.3) is 0 Å². The highest BCUT2D eigenvalue weighted by molar-refractivity contribution is 5.59. The predicted molar refractivity (Wildman–Crippen MR) is 103 cm³/mol. The van der Waals surface area contributed by atoms with E-state index in [2.05, 4.69) is 4.89 Å². The van der Waals surface area contributed by atoms with E-state index in [9.17, 15) is 9.59 Å². The molecule has 0 aromatic heterocycles. The SMILES string of the molecule is CCCC(C)(C)OOC(=O)OCCCCC(C)OC(=O)OOC(C)(C)CCC. The first-order valence-electron chi connectivity index (χ1n) is 10.1. The minimum absolute atomic E-state index is 0.196. The number of ether oxygens (including phenoxy) is 2. The van der Waals surface area contributed by atoms with Gasteiger partial charge in [0.2, 0.25) is 0 Å². The van der Waals surface area contributed by atoms with Gasteiger partial charge in [-0.15, -0.1) is 0 Å². The molecule has 0 aliphatic rings. The summed E-state index contributed by atoms with van der Waals surface area (Å²) < 4.78 is 10.1. The average molecular weight is 407 g/mol. The second kappa shape index (κ2) is 13.6. The second-order valence-corrected chi connectivity index (χ2v) is 8.13.